The lowest BCUT2D eigenvalue weighted by Crippen LogP contribution is -2.52. The van der Waals surface area contributed by atoms with Crippen LogP contribution in [0.5, 0.6) is 0 Å². The van der Waals surface area contributed by atoms with Gasteiger partial charge in [-0.1, -0.05) is 12.1 Å². The van der Waals surface area contributed by atoms with E-state index in [2.05, 4.69) is 10.3 Å². The number of para-hydroxylation sites is 1. The maximum atomic E-state index is 12.6. The molecule has 24 heavy (non-hydrogen) atoms. The Labute approximate surface area is 146 Å². The minimum Gasteiger partial charge on any atom is -0.376 e. The minimum absolute atomic E-state index is 0. The number of rotatable bonds is 5. The van der Waals surface area contributed by atoms with Crippen molar-refractivity contribution in [3.63, 3.8) is 0 Å². The number of piperidine rings is 1. The van der Waals surface area contributed by atoms with E-state index >= 15 is 0 Å². The lowest BCUT2D eigenvalue weighted by molar-refractivity contribution is -0.126. The average Bonchev–Trinajstić information content (AvgIpc) is 2.58. The first-order valence-corrected chi connectivity index (χ1v) is 8.02. The van der Waals surface area contributed by atoms with Gasteiger partial charge in [-0.2, -0.15) is 0 Å². The van der Waals surface area contributed by atoms with Crippen LogP contribution in [0.15, 0.2) is 35.4 Å². The van der Waals surface area contributed by atoms with Gasteiger partial charge in [0.25, 0.3) is 5.56 Å². The van der Waals surface area contributed by atoms with Crippen molar-refractivity contribution in [1.82, 2.24) is 14.9 Å². The van der Waals surface area contributed by atoms with Crippen molar-refractivity contribution < 1.29 is 9.53 Å². The Hall–Kier alpha value is -1.76. The third-order valence-electron chi connectivity index (χ3n) is 4.19. The molecule has 1 aliphatic heterocycles. The second kappa shape index (κ2) is 8.37. The third kappa shape index (κ3) is 3.83. The largest absolute Gasteiger partial charge is 0.376 e. The van der Waals surface area contributed by atoms with Gasteiger partial charge in [0.1, 0.15) is 0 Å². The maximum absolute atomic E-state index is 12.6. The van der Waals surface area contributed by atoms with Gasteiger partial charge in [0, 0.05) is 6.61 Å². The highest BCUT2D eigenvalue weighted by Gasteiger charge is 2.31. The van der Waals surface area contributed by atoms with Crippen molar-refractivity contribution >= 4 is 29.1 Å². The van der Waals surface area contributed by atoms with Crippen LogP contribution < -0.4 is 10.9 Å². The summed E-state index contributed by atoms with van der Waals surface area (Å²) in [4.78, 5) is 29.3. The molecule has 1 aliphatic rings. The Bertz CT molecular complexity index is 760. The monoisotopic (exact) mass is 351 g/mol. The molecule has 0 saturated carbocycles. The van der Waals surface area contributed by atoms with E-state index in [1.54, 1.807) is 18.2 Å². The van der Waals surface area contributed by atoms with E-state index in [0.717, 1.165) is 19.4 Å². The summed E-state index contributed by atoms with van der Waals surface area (Å²) in [5, 5.41) is 3.75. The predicted molar refractivity (Wildman–Crippen MR) is 94.7 cm³/mol. The molecule has 0 spiro atoms. The van der Waals surface area contributed by atoms with Gasteiger partial charge < -0.3 is 10.1 Å². The molecule has 2 atom stereocenters. The minimum atomic E-state index is -0.359. The molecule has 1 saturated heterocycles. The van der Waals surface area contributed by atoms with Crippen LogP contribution in [0.25, 0.3) is 10.9 Å². The fourth-order valence-electron chi connectivity index (χ4n) is 3.06. The summed E-state index contributed by atoms with van der Waals surface area (Å²) < 4.78 is 7.05. The second-order valence-electron chi connectivity index (χ2n) is 5.73. The van der Waals surface area contributed by atoms with Crippen LogP contribution in [-0.2, 0) is 16.1 Å². The molecule has 0 aliphatic carbocycles. The Morgan fingerprint density at radius 2 is 2.21 bits per heavy atom. The lowest BCUT2D eigenvalue weighted by atomic mass is 9.97. The molecule has 0 radical (unpaired) electrons. The number of aromatic nitrogens is 2. The summed E-state index contributed by atoms with van der Waals surface area (Å²) in [6.45, 7) is 3.31. The number of hydrogen-bond acceptors (Lipinski definition) is 5. The highest BCUT2D eigenvalue weighted by atomic mass is 35.5. The smallest absolute Gasteiger partial charge is 0.261 e. The summed E-state index contributed by atoms with van der Waals surface area (Å²) in [5.74, 6) is -0.0395. The quantitative estimate of drug-likeness (QED) is 0.884. The van der Waals surface area contributed by atoms with E-state index in [0.29, 0.717) is 17.5 Å². The zero-order valence-electron chi connectivity index (χ0n) is 13.6. The molecule has 2 heterocycles. The summed E-state index contributed by atoms with van der Waals surface area (Å²) in [5.41, 5.74) is 0.455. The van der Waals surface area contributed by atoms with Crippen LogP contribution >= 0.6 is 12.4 Å². The van der Waals surface area contributed by atoms with Crippen LogP contribution in [0.4, 0.5) is 0 Å². The van der Waals surface area contributed by atoms with Crippen LogP contribution in [0, 0.1) is 0 Å². The van der Waals surface area contributed by atoms with Gasteiger partial charge in [0.15, 0.2) is 5.78 Å². The fraction of sp³-hybridized carbons (Fsp3) is 0.471. The van der Waals surface area contributed by atoms with Gasteiger partial charge in [-0.25, -0.2) is 4.98 Å². The van der Waals surface area contributed by atoms with Crippen LogP contribution in [0.1, 0.15) is 19.8 Å². The standard InChI is InChI=1S/C17H21N3O3.ClH/c1-2-23-15-8-5-9-18-16(15)14(21)10-20-11-19-13-7-4-3-6-12(13)17(20)22;/h3-4,6-7,11,15-16,18H,2,5,8-10H2,1H3;1H/t15-,16+;/m0./s1. The number of nitrogens with one attached hydrogen (secondary N) is 1. The SMILES string of the molecule is CCO[C@H]1CCCN[C@@H]1C(=O)Cn1cnc2ccccc2c1=O.Cl. The zero-order valence-corrected chi connectivity index (χ0v) is 14.4. The summed E-state index contributed by atoms with van der Waals surface area (Å²) in [7, 11) is 0. The number of hydrogen-bond donors (Lipinski definition) is 1. The molecule has 1 aromatic carbocycles. The van der Waals surface area contributed by atoms with Gasteiger partial charge >= 0.3 is 0 Å². The molecule has 0 unspecified atom stereocenters. The van der Waals surface area contributed by atoms with Crippen molar-refractivity contribution in [2.75, 3.05) is 13.2 Å². The van der Waals surface area contributed by atoms with Gasteiger partial charge in [0.2, 0.25) is 0 Å². The van der Waals surface area contributed by atoms with Crippen molar-refractivity contribution in [1.29, 1.82) is 0 Å². The summed E-state index contributed by atoms with van der Waals surface area (Å²) in [6.07, 6.45) is 3.18. The van der Waals surface area contributed by atoms with E-state index in [4.69, 9.17) is 4.74 Å². The topological polar surface area (TPSA) is 73.2 Å². The Balaban J connectivity index is 0.00000208. The van der Waals surface area contributed by atoms with Crippen LogP contribution in [0.3, 0.4) is 0 Å². The van der Waals surface area contributed by atoms with Gasteiger partial charge in [-0.05, 0) is 38.4 Å². The molecule has 1 N–H and O–H groups in total. The van der Waals surface area contributed by atoms with Gasteiger partial charge in [0.05, 0.1) is 35.9 Å². The summed E-state index contributed by atoms with van der Waals surface area (Å²) in [6, 6.07) is 6.79. The van der Waals surface area contributed by atoms with E-state index in [9.17, 15) is 9.59 Å². The first-order chi connectivity index (χ1) is 11.2. The molecule has 2 aromatic rings. The normalized spacial score (nSPS) is 20.5. The molecule has 3 rings (SSSR count). The molecule has 0 bridgehead atoms. The molecule has 130 valence electrons. The number of ether oxygens (including phenoxy) is 1. The lowest BCUT2D eigenvalue weighted by Gasteiger charge is -2.31. The number of halogens is 1. The van der Waals surface area contributed by atoms with Crippen LogP contribution in [0.2, 0.25) is 0 Å². The van der Waals surface area contributed by atoms with E-state index in [1.807, 2.05) is 13.0 Å². The maximum Gasteiger partial charge on any atom is 0.261 e. The number of nitrogens with zero attached hydrogens (tertiary/aromatic N) is 2. The predicted octanol–water partition coefficient (Wildman–Crippen LogP) is 1.54. The molecule has 7 heteroatoms. The number of ketones is 1. The number of Topliss-reactive ketones (excluding diaryl/α,β-unsaturated/α-hetero) is 1. The first-order valence-electron chi connectivity index (χ1n) is 8.02. The average molecular weight is 352 g/mol. The van der Waals surface area contributed by atoms with Crippen molar-refractivity contribution in [3.8, 4) is 0 Å². The Morgan fingerprint density at radius 1 is 1.42 bits per heavy atom. The number of benzene rings is 1. The molecular formula is C17H22ClN3O3. The summed E-state index contributed by atoms with van der Waals surface area (Å²) >= 11 is 0. The van der Waals surface area contributed by atoms with Crippen molar-refractivity contribution in [3.05, 3.63) is 40.9 Å². The molecule has 0 amide bonds. The van der Waals surface area contributed by atoms with E-state index < -0.39 is 0 Å². The number of fused-ring (bicyclic) bond motifs is 1. The molecule has 6 nitrogen and oxygen atoms in total. The molecular weight excluding hydrogens is 330 g/mol. The Kier molecular flexibility index (Phi) is 6.48. The Morgan fingerprint density at radius 3 is 3.00 bits per heavy atom. The fourth-order valence-corrected chi connectivity index (χ4v) is 3.06. The van der Waals surface area contributed by atoms with Crippen LogP contribution in [-0.4, -0.2) is 40.6 Å². The van der Waals surface area contributed by atoms with Gasteiger partial charge in [-0.3, -0.25) is 14.2 Å². The third-order valence-corrected chi connectivity index (χ3v) is 4.19. The van der Waals surface area contributed by atoms with E-state index in [-0.39, 0.29) is 42.4 Å². The second-order valence-corrected chi connectivity index (χ2v) is 5.73. The molecule has 1 aromatic heterocycles. The number of carbonyl (C=O) groups excluding carboxylic acids is 1. The first kappa shape index (κ1) is 18.6. The highest BCUT2D eigenvalue weighted by Crippen LogP contribution is 2.14. The number of carbonyl (C=O) groups is 1. The van der Waals surface area contributed by atoms with E-state index in [1.165, 1.54) is 10.9 Å². The molecule has 1 fully saturated rings. The van der Waals surface area contributed by atoms with Gasteiger partial charge in [-0.15, -0.1) is 12.4 Å². The van der Waals surface area contributed by atoms with Crippen molar-refractivity contribution in [2.45, 2.75) is 38.5 Å². The van der Waals surface area contributed by atoms with Crippen molar-refractivity contribution in [2.24, 2.45) is 0 Å². The zero-order chi connectivity index (χ0) is 16.2. The highest BCUT2D eigenvalue weighted by molar-refractivity contribution is 5.85.